The first-order valence-electron chi connectivity index (χ1n) is 9.76. The van der Waals surface area contributed by atoms with Crippen LogP contribution in [0.15, 0.2) is 11.6 Å². The molecule has 0 N–H and O–H groups in total. The van der Waals surface area contributed by atoms with Crippen molar-refractivity contribution in [2.24, 2.45) is 5.92 Å². The van der Waals surface area contributed by atoms with Crippen LogP contribution in [0.4, 0.5) is 0 Å². The molecule has 0 aromatic carbocycles. The fraction of sp³-hybridized carbons (Fsp3) is 0.632. The number of amides is 2. The average molecular weight is 390 g/mol. The number of aromatic nitrogens is 2. The number of carbonyl (C=O) groups is 2. The molecule has 7 nitrogen and oxygen atoms in total. The normalized spacial score (nSPS) is 20.6. The summed E-state index contributed by atoms with van der Waals surface area (Å²) in [5.41, 5.74) is 1.55. The van der Waals surface area contributed by atoms with Crippen LogP contribution in [-0.4, -0.2) is 75.7 Å². The predicted octanol–water partition coefficient (Wildman–Crippen LogP) is 1.93. The fourth-order valence-electron chi connectivity index (χ4n) is 4.27. The van der Waals surface area contributed by atoms with Gasteiger partial charge in [-0.05, 0) is 32.7 Å². The van der Waals surface area contributed by atoms with Crippen LogP contribution in [0.1, 0.15) is 42.4 Å². The third-order valence-corrected chi connectivity index (χ3v) is 6.38. The Labute approximate surface area is 163 Å². The van der Waals surface area contributed by atoms with E-state index in [4.69, 9.17) is 0 Å². The molecule has 27 heavy (non-hydrogen) atoms. The molecule has 0 radical (unpaired) electrons. The number of likely N-dealkylation sites (tertiary alicyclic amines) is 2. The highest BCUT2D eigenvalue weighted by Crippen LogP contribution is 2.23. The molecule has 2 aromatic rings. The molecular formula is C19H27N5O2S. The van der Waals surface area contributed by atoms with Gasteiger partial charge in [-0.1, -0.05) is 0 Å². The summed E-state index contributed by atoms with van der Waals surface area (Å²) in [6, 6.07) is 0. The summed E-state index contributed by atoms with van der Waals surface area (Å²) in [5.74, 6) is 0.663. The Balaban J connectivity index is 1.50. The molecule has 0 saturated carbocycles. The monoisotopic (exact) mass is 389 g/mol. The largest absolute Gasteiger partial charge is 0.343 e. The van der Waals surface area contributed by atoms with Gasteiger partial charge in [0.15, 0.2) is 10.7 Å². The van der Waals surface area contributed by atoms with E-state index in [0.717, 1.165) is 56.2 Å². The van der Waals surface area contributed by atoms with Crippen molar-refractivity contribution in [3.05, 3.63) is 23.0 Å². The maximum absolute atomic E-state index is 13.0. The first kappa shape index (κ1) is 18.4. The van der Waals surface area contributed by atoms with Crippen LogP contribution in [0.5, 0.6) is 0 Å². The lowest BCUT2D eigenvalue weighted by Crippen LogP contribution is -2.31. The van der Waals surface area contributed by atoms with Crippen LogP contribution in [0.2, 0.25) is 0 Å². The van der Waals surface area contributed by atoms with E-state index in [1.807, 2.05) is 32.7 Å². The van der Waals surface area contributed by atoms with E-state index in [-0.39, 0.29) is 11.8 Å². The van der Waals surface area contributed by atoms with Gasteiger partial charge in [0.05, 0.1) is 5.69 Å². The maximum atomic E-state index is 13.0. The molecule has 0 bridgehead atoms. The minimum absolute atomic E-state index is 0.0556. The van der Waals surface area contributed by atoms with Crippen molar-refractivity contribution < 1.29 is 9.59 Å². The highest BCUT2D eigenvalue weighted by atomic mass is 32.1. The van der Waals surface area contributed by atoms with Gasteiger partial charge in [0.25, 0.3) is 5.91 Å². The predicted molar refractivity (Wildman–Crippen MR) is 105 cm³/mol. The molecule has 146 valence electrons. The molecule has 1 atom stereocenters. The Kier molecular flexibility index (Phi) is 5.19. The quantitative estimate of drug-likeness (QED) is 0.757. The Bertz CT molecular complexity index is 838. The Hall–Kier alpha value is -1.93. The number of imidazole rings is 1. The van der Waals surface area contributed by atoms with E-state index in [1.165, 1.54) is 0 Å². The van der Waals surface area contributed by atoms with Gasteiger partial charge in [-0.15, -0.1) is 11.3 Å². The second-order valence-corrected chi connectivity index (χ2v) is 8.53. The first-order valence-corrected chi connectivity index (χ1v) is 10.6. The number of hydrogen-bond acceptors (Lipinski definition) is 5. The molecule has 0 aliphatic carbocycles. The average Bonchev–Trinajstić information content (AvgIpc) is 3.40. The minimum atomic E-state index is 0.0556. The molecule has 0 spiro atoms. The van der Waals surface area contributed by atoms with Gasteiger partial charge in [0.1, 0.15) is 0 Å². The lowest BCUT2D eigenvalue weighted by molar-refractivity contribution is -0.127. The number of thiazole rings is 1. The summed E-state index contributed by atoms with van der Waals surface area (Å²) in [7, 11) is 2.06. The third-order valence-electron chi connectivity index (χ3n) is 5.62. The van der Waals surface area contributed by atoms with Gasteiger partial charge in [0, 0.05) is 57.3 Å². The highest BCUT2D eigenvalue weighted by Gasteiger charge is 2.30. The Morgan fingerprint density at radius 1 is 1.37 bits per heavy atom. The van der Waals surface area contributed by atoms with Crippen molar-refractivity contribution in [2.45, 2.75) is 32.7 Å². The van der Waals surface area contributed by atoms with E-state index in [9.17, 15) is 9.59 Å². The number of fused-ring (bicyclic) bond motifs is 1. The van der Waals surface area contributed by atoms with Crippen LogP contribution in [0.25, 0.3) is 4.96 Å². The minimum Gasteiger partial charge on any atom is -0.343 e. The summed E-state index contributed by atoms with van der Waals surface area (Å²) in [4.78, 5) is 36.5. The van der Waals surface area contributed by atoms with Crippen molar-refractivity contribution in [1.29, 1.82) is 0 Å². The van der Waals surface area contributed by atoms with Crippen molar-refractivity contribution in [3.8, 4) is 0 Å². The molecule has 4 rings (SSSR count). The first-order chi connectivity index (χ1) is 13.1. The molecule has 2 aliphatic rings. The topological polar surface area (TPSA) is 61.2 Å². The number of carbonyl (C=O) groups excluding carboxylic acids is 2. The lowest BCUT2D eigenvalue weighted by atomic mass is 10.1. The molecule has 2 aromatic heterocycles. The van der Waals surface area contributed by atoms with Gasteiger partial charge in [-0.3, -0.25) is 14.0 Å². The van der Waals surface area contributed by atoms with Gasteiger partial charge < -0.3 is 14.7 Å². The summed E-state index contributed by atoms with van der Waals surface area (Å²) in [6.07, 6.45) is 4.77. The van der Waals surface area contributed by atoms with Crippen molar-refractivity contribution in [2.75, 3.05) is 39.8 Å². The van der Waals surface area contributed by atoms with E-state index >= 15 is 0 Å². The number of nitrogens with zero attached hydrogens (tertiary/aromatic N) is 5. The van der Waals surface area contributed by atoms with E-state index in [0.29, 0.717) is 24.6 Å². The lowest BCUT2D eigenvalue weighted by Gasteiger charge is -2.22. The van der Waals surface area contributed by atoms with Crippen LogP contribution in [0.3, 0.4) is 0 Å². The smallest absolute Gasteiger partial charge is 0.274 e. The zero-order valence-corrected chi connectivity index (χ0v) is 16.9. The molecule has 4 heterocycles. The zero-order chi connectivity index (χ0) is 19.0. The zero-order valence-electron chi connectivity index (χ0n) is 16.1. The highest BCUT2D eigenvalue weighted by molar-refractivity contribution is 7.15. The van der Waals surface area contributed by atoms with Gasteiger partial charge in [0.2, 0.25) is 5.91 Å². The molecular weight excluding hydrogens is 362 g/mol. The van der Waals surface area contributed by atoms with Gasteiger partial charge in [-0.2, -0.15) is 0 Å². The van der Waals surface area contributed by atoms with Crippen LogP contribution in [0, 0.1) is 5.92 Å². The van der Waals surface area contributed by atoms with E-state index in [2.05, 4.69) is 16.9 Å². The van der Waals surface area contributed by atoms with Crippen LogP contribution < -0.4 is 0 Å². The molecule has 2 saturated heterocycles. The second-order valence-electron chi connectivity index (χ2n) is 7.66. The molecule has 0 unspecified atom stereocenters. The summed E-state index contributed by atoms with van der Waals surface area (Å²) in [5, 5.41) is 2.00. The van der Waals surface area contributed by atoms with Crippen molar-refractivity contribution in [1.82, 2.24) is 24.1 Å². The van der Waals surface area contributed by atoms with E-state index in [1.54, 1.807) is 11.3 Å². The molecule has 2 aliphatic heterocycles. The van der Waals surface area contributed by atoms with E-state index < -0.39 is 0 Å². The number of hydrogen-bond donors (Lipinski definition) is 0. The van der Waals surface area contributed by atoms with Crippen molar-refractivity contribution >= 4 is 28.1 Å². The molecule has 2 amide bonds. The van der Waals surface area contributed by atoms with Crippen LogP contribution >= 0.6 is 11.3 Å². The maximum Gasteiger partial charge on any atom is 0.274 e. The third kappa shape index (κ3) is 3.60. The van der Waals surface area contributed by atoms with Gasteiger partial charge in [-0.25, -0.2) is 4.98 Å². The molecule has 2 fully saturated rings. The second kappa shape index (κ2) is 7.59. The summed E-state index contributed by atoms with van der Waals surface area (Å²) in [6.45, 7) is 6.80. The van der Waals surface area contributed by atoms with Gasteiger partial charge >= 0.3 is 0 Å². The SMILES string of the molecule is CCN1C[C@H](CN(C)Cc2c(C(=O)N3CCCC3)nc3sccn23)CC1=O. The Morgan fingerprint density at radius 2 is 2.15 bits per heavy atom. The van der Waals surface area contributed by atoms with Crippen LogP contribution in [-0.2, 0) is 11.3 Å². The standard InChI is InChI=1S/C19H27N5O2S/c1-3-22-12-14(10-16(22)25)11-21(2)13-15-17(18(26)23-6-4-5-7-23)20-19-24(15)8-9-27-19/h8-9,14H,3-7,10-13H2,1-2H3/t14-/m0/s1. The van der Waals surface area contributed by atoms with Crippen molar-refractivity contribution in [3.63, 3.8) is 0 Å². The molecule has 8 heteroatoms. The Morgan fingerprint density at radius 3 is 2.85 bits per heavy atom. The number of rotatable bonds is 6. The fourth-order valence-corrected chi connectivity index (χ4v) is 5.00. The summed E-state index contributed by atoms with van der Waals surface area (Å²) >= 11 is 1.56. The summed E-state index contributed by atoms with van der Waals surface area (Å²) < 4.78 is 2.04.